The molecule has 1 N–H and O–H groups in total. The number of hydrogen-bond acceptors (Lipinski definition) is 1. The number of fused-ring (bicyclic) bond motifs is 1. The molecule has 0 heterocycles. The molecule has 3 rings (SSSR count). The fraction of sp³-hybridized carbons (Fsp3) is 0.667. The van der Waals surface area contributed by atoms with Crippen molar-refractivity contribution >= 4 is 5.57 Å². The predicted octanol–water partition coefficient (Wildman–Crippen LogP) is 6.70. The maximum atomic E-state index is 3.39. The predicted molar refractivity (Wildman–Crippen MR) is 112 cm³/mol. The third-order valence-electron chi connectivity index (χ3n) is 5.45. The first kappa shape index (κ1) is 20.2. The highest BCUT2D eigenvalue weighted by atomic mass is 14.8. The van der Waals surface area contributed by atoms with Crippen molar-refractivity contribution in [1.29, 1.82) is 0 Å². The smallest absolute Gasteiger partial charge is 0.00490 e. The van der Waals surface area contributed by atoms with Crippen molar-refractivity contribution in [2.75, 3.05) is 13.1 Å². The third kappa shape index (κ3) is 6.98. The molecule has 2 aliphatic rings. The van der Waals surface area contributed by atoms with Crippen molar-refractivity contribution in [3.63, 3.8) is 0 Å². The molecule has 0 aliphatic heterocycles. The SMILES string of the molecule is C1=C(c2cccc3c2CCCC3)CCCC1.CCCCNCCCC. The summed E-state index contributed by atoms with van der Waals surface area (Å²) in [7, 11) is 0. The molecule has 0 bridgehead atoms. The van der Waals surface area contributed by atoms with Gasteiger partial charge in [0.1, 0.15) is 0 Å². The minimum absolute atomic E-state index is 1.20. The van der Waals surface area contributed by atoms with Gasteiger partial charge >= 0.3 is 0 Å². The summed E-state index contributed by atoms with van der Waals surface area (Å²) in [5.41, 5.74) is 6.50. The molecule has 0 saturated carbocycles. The average Bonchev–Trinajstić information content (AvgIpc) is 2.69. The zero-order valence-electron chi connectivity index (χ0n) is 16.7. The lowest BCUT2D eigenvalue weighted by Gasteiger charge is -2.22. The van der Waals surface area contributed by atoms with Crippen molar-refractivity contribution in [2.45, 2.75) is 90.9 Å². The number of benzene rings is 1. The van der Waals surface area contributed by atoms with E-state index in [2.05, 4.69) is 43.4 Å². The summed E-state index contributed by atoms with van der Waals surface area (Å²) >= 11 is 0. The van der Waals surface area contributed by atoms with Crippen LogP contribution in [0.4, 0.5) is 0 Å². The normalized spacial score (nSPS) is 16.5. The Morgan fingerprint density at radius 1 is 0.840 bits per heavy atom. The molecule has 0 unspecified atom stereocenters. The molecular formula is C24H39N. The van der Waals surface area contributed by atoms with E-state index in [1.807, 2.05) is 0 Å². The summed E-state index contributed by atoms with van der Waals surface area (Å²) in [5, 5.41) is 3.39. The van der Waals surface area contributed by atoms with Gasteiger partial charge in [0.2, 0.25) is 0 Å². The van der Waals surface area contributed by atoms with Crippen LogP contribution in [0, 0.1) is 0 Å². The monoisotopic (exact) mass is 341 g/mol. The summed E-state index contributed by atoms with van der Waals surface area (Å²) in [6, 6.07) is 6.94. The van der Waals surface area contributed by atoms with Gasteiger partial charge in [-0.05, 0) is 99.6 Å². The summed E-state index contributed by atoms with van der Waals surface area (Å²) in [5.74, 6) is 0. The van der Waals surface area contributed by atoms with E-state index in [1.165, 1.54) is 90.1 Å². The topological polar surface area (TPSA) is 12.0 Å². The second kappa shape index (κ2) is 12.3. The number of hydrogen-bond donors (Lipinski definition) is 1. The maximum Gasteiger partial charge on any atom is -0.00490 e. The van der Waals surface area contributed by atoms with Crippen LogP contribution < -0.4 is 5.32 Å². The van der Waals surface area contributed by atoms with Crippen molar-refractivity contribution in [1.82, 2.24) is 5.32 Å². The second-order valence-corrected chi connectivity index (χ2v) is 7.58. The van der Waals surface area contributed by atoms with Gasteiger partial charge in [-0.25, -0.2) is 0 Å². The lowest BCUT2D eigenvalue weighted by molar-refractivity contribution is 0.611. The van der Waals surface area contributed by atoms with Gasteiger partial charge in [-0.2, -0.15) is 0 Å². The van der Waals surface area contributed by atoms with Gasteiger partial charge in [-0.3, -0.25) is 0 Å². The summed E-state index contributed by atoms with van der Waals surface area (Å²) in [6.45, 7) is 6.86. The largest absolute Gasteiger partial charge is 0.317 e. The van der Waals surface area contributed by atoms with Crippen molar-refractivity contribution in [2.24, 2.45) is 0 Å². The first-order chi connectivity index (χ1) is 12.4. The Labute approximate surface area is 156 Å². The van der Waals surface area contributed by atoms with E-state index in [0.29, 0.717) is 0 Å². The van der Waals surface area contributed by atoms with Crippen LogP contribution >= 0.6 is 0 Å². The minimum Gasteiger partial charge on any atom is -0.317 e. The van der Waals surface area contributed by atoms with E-state index in [0.717, 1.165) is 0 Å². The van der Waals surface area contributed by atoms with E-state index in [4.69, 9.17) is 0 Å². The number of unbranched alkanes of at least 4 members (excludes halogenated alkanes) is 2. The molecule has 0 saturated heterocycles. The van der Waals surface area contributed by atoms with Crippen LogP contribution in [0.5, 0.6) is 0 Å². The van der Waals surface area contributed by atoms with E-state index >= 15 is 0 Å². The lowest BCUT2D eigenvalue weighted by atomic mass is 9.83. The Morgan fingerprint density at radius 3 is 2.24 bits per heavy atom. The molecule has 1 nitrogen and oxygen atoms in total. The minimum atomic E-state index is 1.20. The Balaban J connectivity index is 0.000000217. The van der Waals surface area contributed by atoms with Crippen molar-refractivity contribution in [3.05, 3.63) is 41.0 Å². The number of nitrogens with one attached hydrogen (secondary N) is 1. The van der Waals surface area contributed by atoms with E-state index in [-0.39, 0.29) is 0 Å². The van der Waals surface area contributed by atoms with Crippen LogP contribution in [-0.4, -0.2) is 13.1 Å². The van der Waals surface area contributed by atoms with Gasteiger partial charge in [-0.15, -0.1) is 0 Å². The molecule has 2 aliphatic carbocycles. The molecule has 1 aromatic carbocycles. The van der Waals surface area contributed by atoms with Crippen LogP contribution in [0.25, 0.3) is 5.57 Å². The molecule has 25 heavy (non-hydrogen) atoms. The molecule has 0 spiro atoms. The van der Waals surface area contributed by atoms with Gasteiger partial charge in [-0.1, -0.05) is 51.0 Å². The van der Waals surface area contributed by atoms with Crippen LogP contribution in [0.2, 0.25) is 0 Å². The summed E-state index contributed by atoms with van der Waals surface area (Å²) in [4.78, 5) is 0. The molecule has 0 radical (unpaired) electrons. The fourth-order valence-electron chi connectivity index (χ4n) is 3.89. The highest BCUT2D eigenvalue weighted by Gasteiger charge is 2.15. The highest BCUT2D eigenvalue weighted by Crippen LogP contribution is 2.33. The van der Waals surface area contributed by atoms with E-state index < -0.39 is 0 Å². The van der Waals surface area contributed by atoms with Gasteiger partial charge < -0.3 is 5.32 Å². The maximum absolute atomic E-state index is 3.39. The standard InChI is InChI=1S/C16H20.C8H19N/c1-2-7-13(8-3-1)16-12-6-10-14-9-4-5-11-15(14)16;1-3-5-7-9-8-6-4-2/h6-7,10,12H,1-5,8-9,11H2;9H,3-8H2,1-2H3. The molecule has 0 aromatic heterocycles. The van der Waals surface area contributed by atoms with Gasteiger partial charge in [0.15, 0.2) is 0 Å². The molecule has 0 amide bonds. The van der Waals surface area contributed by atoms with Crippen molar-refractivity contribution in [3.8, 4) is 0 Å². The molecule has 0 atom stereocenters. The van der Waals surface area contributed by atoms with Crippen molar-refractivity contribution < 1.29 is 0 Å². The zero-order valence-corrected chi connectivity index (χ0v) is 16.7. The first-order valence-electron chi connectivity index (χ1n) is 10.9. The quantitative estimate of drug-likeness (QED) is 0.544. The fourth-order valence-corrected chi connectivity index (χ4v) is 3.89. The molecule has 1 aromatic rings. The van der Waals surface area contributed by atoms with Crippen LogP contribution in [0.15, 0.2) is 24.3 Å². The van der Waals surface area contributed by atoms with Gasteiger partial charge in [0.25, 0.3) is 0 Å². The van der Waals surface area contributed by atoms with Gasteiger partial charge in [0, 0.05) is 0 Å². The van der Waals surface area contributed by atoms with Gasteiger partial charge in [0.05, 0.1) is 0 Å². The molecule has 0 fully saturated rings. The lowest BCUT2D eigenvalue weighted by Crippen LogP contribution is -2.15. The van der Waals surface area contributed by atoms with Crippen LogP contribution in [-0.2, 0) is 12.8 Å². The highest BCUT2D eigenvalue weighted by molar-refractivity contribution is 5.70. The van der Waals surface area contributed by atoms with E-state index in [9.17, 15) is 0 Å². The average molecular weight is 342 g/mol. The molecule has 1 heteroatoms. The Morgan fingerprint density at radius 2 is 1.56 bits per heavy atom. The number of rotatable bonds is 7. The van der Waals surface area contributed by atoms with E-state index in [1.54, 1.807) is 22.3 Å². The van der Waals surface area contributed by atoms with Crippen LogP contribution in [0.1, 0.15) is 94.7 Å². The zero-order chi connectivity index (χ0) is 17.7. The third-order valence-corrected chi connectivity index (χ3v) is 5.45. The molecular weight excluding hydrogens is 302 g/mol. The second-order valence-electron chi connectivity index (χ2n) is 7.58. The molecule has 140 valence electrons. The number of aryl methyl sites for hydroxylation is 1. The Bertz CT molecular complexity index is 509. The Hall–Kier alpha value is -1.08. The summed E-state index contributed by atoms with van der Waals surface area (Å²) in [6.07, 6.45) is 18.5. The van der Waals surface area contributed by atoms with Crippen LogP contribution in [0.3, 0.4) is 0 Å². The first-order valence-corrected chi connectivity index (χ1v) is 10.9. The number of allylic oxidation sites excluding steroid dienone is 2. The Kier molecular flexibility index (Phi) is 9.96. The summed E-state index contributed by atoms with van der Waals surface area (Å²) < 4.78 is 0.